The molecule has 0 aliphatic rings. The number of benzene rings is 3. The number of halogens is 1. The van der Waals surface area contributed by atoms with Crippen LogP contribution in [0.2, 0.25) is 0 Å². The molecule has 0 spiro atoms. The van der Waals surface area contributed by atoms with Crippen molar-refractivity contribution in [3.63, 3.8) is 0 Å². The summed E-state index contributed by atoms with van der Waals surface area (Å²) in [6.07, 6.45) is 0.284. The average molecular weight is 424 g/mol. The number of methoxy groups -OCH3 is 1. The molecule has 2 N–H and O–H groups in total. The molecule has 0 fully saturated rings. The van der Waals surface area contributed by atoms with E-state index in [1.165, 1.54) is 31.4 Å². The molecule has 154 valence electrons. The molecule has 0 radical (unpaired) electrons. The Bertz CT molecular complexity index is 1030. The molecule has 1 atom stereocenters. The van der Waals surface area contributed by atoms with Crippen molar-refractivity contribution >= 4 is 30.1 Å². The minimum atomic E-state index is -0.856. The number of amides is 2. The zero-order chi connectivity index (χ0) is 21.5. The summed E-state index contributed by atoms with van der Waals surface area (Å²) in [7, 11) is 1.50. The molecule has 7 heteroatoms. The van der Waals surface area contributed by atoms with Crippen molar-refractivity contribution in [2.45, 2.75) is 17.4 Å². The lowest BCUT2D eigenvalue weighted by molar-refractivity contribution is -0.118. The van der Waals surface area contributed by atoms with Gasteiger partial charge in [-0.25, -0.2) is 4.39 Å². The van der Waals surface area contributed by atoms with Crippen LogP contribution in [0.3, 0.4) is 0 Å². The lowest BCUT2D eigenvalue weighted by Gasteiger charge is -2.20. The van der Waals surface area contributed by atoms with Gasteiger partial charge in [0.15, 0.2) is 0 Å². The Hall–Kier alpha value is -3.32. The number of carbonyl (C=O) groups excluding carboxylic acids is 2. The van der Waals surface area contributed by atoms with Gasteiger partial charge in [0.2, 0.25) is 5.91 Å². The third kappa shape index (κ3) is 5.61. The number of hydrogen-bond acceptors (Lipinski definition) is 4. The van der Waals surface area contributed by atoms with Crippen molar-refractivity contribution in [2.24, 2.45) is 0 Å². The van der Waals surface area contributed by atoms with Gasteiger partial charge in [0, 0.05) is 16.9 Å². The van der Waals surface area contributed by atoms with Gasteiger partial charge in [-0.05, 0) is 48.0 Å². The number of ether oxygens (including phenoxy) is 1. The van der Waals surface area contributed by atoms with Gasteiger partial charge in [0.1, 0.15) is 17.6 Å². The van der Waals surface area contributed by atoms with Crippen molar-refractivity contribution in [1.82, 2.24) is 5.32 Å². The van der Waals surface area contributed by atoms with Gasteiger partial charge >= 0.3 is 0 Å². The van der Waals surface area contributed by atoms with Gasteiger partial charge in [-0.2, -0.15) is 0 Å². The van der Waals surface area contributed by atoms with E-state index in [-0.39, 0.29) is 12.0 Å². The van der Waals surface area contributed by atoms with Crippen molar-refractivity contribution in [2.75, 3.05) is 12.4 Å². The van der Waals surface area contributed by atoms with Crippen LogP contribution in [0.15, 0.2) is 77.7 Å². The Labute approximate surface area is 179 Å². The highest BCUT2D eigenvalue weighted by atomic mass is 32.1. The Morgan fingerprint density at radius 1 is 1.03 bits per heavy atom. The second-order valence-electron chi connectivity index (χ2n) is 6.60. The standard InChI is InChI=1S/C23H21FN2O3S/c1-29-21-14-18(30)11-12-19(21)25-23(28)20(13-15-5-3-2-4-6-15)26-22(27)16-7-9-17(24)10-8-16/h2-12,14,20,30H,13H2,1H3,(H,25,28)(H,26,27)/t20-/m0/s1. The molecule has 5 nitrogen and oxygen atoms in total. The topological polar surface area (TPSA) is 67.4 Å². The van der Waals surface area contributed by atoms with E-state index in [0.717, 1.165) is 5.56 Å². The average Bonchev–Trinajstić information content (AvgIpc) is 2.75. The molecule has 3 rings (SSSR count). The maximum absolute atomic E-state index is 13.2. The van der Waals surface area contributed by atoms with E-state index in [2.05, 4.69) is 23.3 Å². The maximum Gasteiger partial charge on any atom is 0.251 e. The van der Waals surface area contributed by atoms with Gasteiger partial charge in [-0.15, -0.1) is 12.6 Å². The molecule has 0 aromatic heterocycles. The highest BCUT2D eigenvalue weighted by Crippen LogP contribution is 2.27. The highest BCUT2D eigenvalue weighted by Gasteiger charge is 2.23. The fourth-order valence-electron chi connectivity index (χ4n) is 2.90. The molecular formula is C23H21FN2O3S. The van der Waals surface area contributed by atoms with Crippen molar-refractivity contribution < 1.29 is 18.7 Å². The predicted octanol–water partition coefficient (Wildman–Crippen LogP) is 4.10. The van der Waals surface area contributed by atoms with Crippen LogP contribution in [0.25, 0.3) is 0 Å². The van der Waals surface area contributed by atoms with Crippen LogP contribution >= 0.6 is 12.6 Å². The molecule has 0 aliphatic heterocycles. The first-order valence-corrected chi connectivity index (χ1v) is 9.69. The van der Waals surface area contributed by atoms with Crippen molar-refractivity contribution in [3.8, 4) is 5.75 Å². The van der Waals surface area contributed by atoms with E-state index < -0.39 is 23.7 Å². The Morgan fingerprint density at radius 2 is 1.73 bits per heavy atom. The van der Waals surface area contributed by atoms with Gasteiger partial charge in [0.05, 0.1) is 12.8 Å². The first-order chi connectivity index (χ1) is 14.5. The fraction of sp³-hybridized carbons (Fsp3) is 0.130. The molecule has 0 heterocycles. The lowest BCUT2D eigenvalue weighted by atomic mass is 10.0. The molecule has 3 aromatic rings. The number of hydrogen-bond donors (Lipinski definition) is 3. The second kappa shape index (κ2) is 9.93. The largest absolute Gasteiger partial charge is 0.495 e. The fourth-order valence-corrected chi connectivity index (χ4v) is 3.10. The van der Waals surface area contributed by atoms with Crippen molar-refractivity contribution in [3.05, 3.63) is 89.7 Å². The molecule has 0 unspecified atom stereocenters. The van der Waals surface area contributed by atoms with E-state index in [1.54, 1.807) is 18.2 Å². The molecule has 2 amide bonds. The van der Waals surface area contributed by atoms with E-state index >= 15 is 0 Å². The van der Waals surface area contributed by atoms with Gasteiger partial charge in [-0.3, -0.25) is 9.59 Å². The summed E-state index contributed by atoms with van der Waals surface area (Å²) in [5, 5.41) is 5.54. The Kier molecular flexibility index (Phi) is 7.08. The summed E-state index contributed by atoms with van der Waals surface area (Å²) in [5.41, 5.74) is 1.61. The number of rotatable bonds is 7. The number of nitrogens with one attached hydrogen (secondary N) is 2. The van der Waals surface area contributed by atoms with Crippen LogP contribution in [0, 0.1) is 5.82 Å². The minimum absolute atomic E-state index is 0.263. The summed E-state index contributed by atoms with van der Waals surface area (Å²) in [6, 6.07) is 18.7. The molecule has 3 aromatic carbocycles. The first kappa shape index (κ1) is 21.4. The number of thiol groups is 1. The van der Waals surface area contributed by atoms with Gasteiger partial charge in [-0.1, -0.05) is 30.3 Å². The van der Waals surface area contributed by atoms with Crippen LogP contribution in [0.5, 0.6) is 5.75 Å². The summed E-state index contributed by atoms with van der Waals surface area (Å²) in [6.45, 7) is 0. The van der Waals surface area contributed by atoms with Crippen LogP contribution in [-0.4, -0.2) is 25.0 Å². The van der Waals surface area contributed by atoms with Crippen LogP contribution in [0.4, 0.5) is 10.1 Å². The molecular weight excluding hydrogens is 403 g/mol. The highest BCUT2D eigenvalue weighted by molar-refractivity contribution is 7.80. The quantitative estimate of drug-likeness (QED) is 0.500. The molecule has 0 saturated heterocycles. The van der Waals surface area contributed by atoms with E-state index in [0.29, 0.717) is 16.3 Å². The maximum atomic E-state index is 13.2. The monoisotopic (exact) mass is 424 g/mol. The van der Waals surface area contributed by atoms with Crippen molar-refractivity contribution in [1.29, 1.82) is 0 Å². The summed E-state index contributed by atoms with van der Waals surface area (Å²) < 4.78 is 18.5. The molecule has 0 bridgehead atoms. The second-order valence-corrected chi connectivity index (χ2v) is 7.11. The van der Waals surface area contributed by atoms with Crippen LogP contribution < -0.4 is 15.4 Å². The van der Waals surface area contributed by atoms with Crippen LogP contribution in [-0.2, 0) is 11.2 Å². The molecule has 0 aliphatic carbocycles. The smallest absolute Gasteiger partial charge is 0.251 e. The normalized spacial score (nSPS) is 11.4. The number of anilines is 1. The summed E-state index contributed by atoms with van der Waals surface area (Å²) in [4.78, 5) is 26.4. The number of carbonyl (C=O) groups is 2. The van der Waals surface area contributed by atoms with Gasteiger partial charge < -0.3 is 15.4 Å². The van der Waals surface area contributed by atoms with E-state index in [9.17, 15) is 14.0 Å². The summed E-state index contributed by atoms with van der Waals surface area (Å²) >= 11 is 4.27. The predicted molar refractivity (Wildman–Crippen MR) is 117 cm³/mol. The third-order valence-corrected chi connectivity index (χ3v) is 4.73. The SMILES string of the molecule is COc1cc(S)ccc1NC(=O)[C@H](Cc1ccccc1)NC(=O)c1ccc(F)cc1. The zero-order valence-corrected chi connectivity index (χ0v) is 17.2. The first-order valence-electron chi connectivity index (χ1n) is 9.24. The summed E-state index contributed by atoms with van der Waals surface area (Å²) in [5.74, 6) is -0.854. The molecule has 30 heavy (non-hydrogen) atoms. The minimum Gasteiger partial charge on any atom is -0.495 e. The Balaban J connectivity index is 1.82. The molecule has 0 saturated carbocycles. The lowest BCUT2D eigenvalue weighted by Crippen LogP contribution is -2.45. The third-order valence-electron chi connectivity index (χ3n) is 4.45. The van der Waals surface area contributed by atoms with Crippen LogP contribution in [0.1, 0.15) is 15.9 Å². The van der Waals surface area contributed by atoms with E-state index in [4.69, 9.17) is 4.74 Å². The Morgan fingerprint density at radius 3 is 2.40 bits per heavy atom. The zero-order valence-electron chi connectivity index (χ0n) is 16.3. The van der Waals surface area contributed by atoms with Gasteiger partial charge in [0.25, 0.3) is 5.91 Å². The van der Waals surface area contributed by atoms with E-state index in [1.807, 2.05) is 30.3 Å².